The number of pyridine rings is 3. The first-order valence-corrected chi connectivity index (χ1v) is 14.5. The van der Waals surface area contributed by atoms with E-state index in [1.54, 1.807) is 19.4 Å². The van der Waals surface area contributed by atoms with E-state index < -0.39 is 0 Å². The van der Waals surface area contributed by atoms with E-state index in [1.807, 2.05) is 0 Å². The number of aryl methyl sites for hydroxylation is 1. The molecule has 1 aliphatic carbocycles. The lowest BCUT2D eigenvalue weighted by molar-refractivity contribution is 0.0975. The zero-order valence-corrected chi connectivity index (χ0v) is 22.9. The van der Waals surface area contributed by atoms with Crippen molar-refractivity contribution in [3.05, 3.63) is 47.2 Å². The van der Waals surface area contributed by atoms with Crippen LogP contribution in [0.4, 0.5) is 15.8 Å². The van der Waals surface area contributed by atoms with Gasteiger partial charge in [0, 0.05) is 43.1 Å². The molecule has 39 heavy (non-hydrogen) atoms. The number of anilines is 2. The summed E-state index contributed by atoms with van der Waals surface area (Å²) in [6.07, 6.45) is 11.7. The van der Waals surface area contributed by atoms with Crippen LogP contribution in [0.3, 0.4) is 0 Å². The van der Waals surface area contributed by atoms with E-state index >= 15 is 0 Å². The number of likely N-dealkylation sites (tertiary alicyclic amines) is 1. The Kier molecular flexibility index (Phi) is 8.06. The molecule has 3 aromatic rings. The third-order valence-electron chi connectivity index (χ3n) is 8.41. The number of hydrogen-bond acceptors (Lipinski definition) is 8. The number of ether oxygens (including phenoxy) is 2. The Morgan fingerprint density at radius 1 is 1.05 bits per heavy atom. The van der Waals surface area contributed by atoms with Crippen molar-refractivity contribution in [2.75, 3.05) is 56.7 Å². The maximum Gasteiger partial charge on any atom is 0.219 e. The number of hydrogen-bond donors (Lipinski definition) is 1. The van der Waals surface area contributed by atoms with E-state index in [1.165, 1.54) is 43.4 Å². The number of aromatic nitrogens is 3. The normalized spacial score (nSPS) is 18.5. The topological polar surface area (TPSA) is 75.6 Å². The van der Waals surface area contributed by atoms with Crippen molar-refractivity contribution in [2.45, 2.75) is 64.0 Å². The van der Waals surface area contributed by atoms with E-state index in [9.17, 15) is 4.39 Å². The second-order valence-electron chi connectivity index (χ2n) is 11.0. The fraction of sp³-hybridized carbons (Fsp3) is 0.567. The molecular formula is C30H39FN6O2. The molecule has 0 saturated carbocycles. The lowest BCUT2D eigenvalue weighted by atomic mass is 9.92. The molecule has 9 heteroatoms. The van der Waals surface area contributed by atoms with E-state index in [0.717, 1.165) is 80.4 Å². The van der Waals surface area contributed by atoms with Gasteiger partial charge in [-0.15, -0.1) is 0 Å². The fourth-order valence-corrected chi connectivity index (χ4v) is 6.28. The van der Waals surface area contributed by atoms with Crippen LogP contribution >= 0.6 is 0 Å². The SMILES string of the molecule is COc1nc2c(NC3CCN(c4ccncc4F)CC3)c3c(nc2cc1COCCN1CCCC1)CCCC3. The van der Waals surface area contributed by atoms with Crippen LogP contribution in [0, 0.1) is 5.82 Å². The van der Waals surface area contributed by atoms with Gasteiger partial charge in [0.15, 0.2) is 5.82 Å². The third-order valence-corrected chi connectivity index (χ3v) is 8.41. The van der Waals surface area contributed by atoms with Gasteiger partial charge in [0.1, 0.15) is 5.52 Å². The predicted octanol–water partition coefficient (Wildman–Crippen LogP) is 4.74. The number of rotatable bonds is 9. The van der Waals surface area contributed by atoms with Crippen molar-refractivity contribution in [1.82, 2.24) is 19.9 Å². The maximum atomic E-state index is 14.3. The zero-order chi connectivity index (χ0) is 26.6. The van der Waals surface area contributed by atoms with Crippen molar-refractivity contribution in [3.63, 3.8) is 0 Å². The molecule has 0 unspecified atom stereocenters. The number of nitrogens with zero attached hydrogens (tertiary/aromatic N) is 5. The monoisotopic (exact) mass is 534 g/mol. The summed E-state index contributed by atoms with van der Waals surface area (Å²) in [5.41, 5.74) is 6.92. The Morgan fingerprint density at radius 2 is 1.87 bits per heavy atom. The molecule has 3 aliphatic rings. The van der Waals surface area contributed by atoms with Crippen LogP contribution in [0.1, 0.15) is 55.3 Å². The molecule has 1 N–H and O–H groups in total. The first-order valence-electron chi connectivity index (χ1n) is 14.5. The fourth-order valence-electron chi connectivity index (χ4n) is 6.28. The molecule has 208 valence electrons. The summed E-state index contributed by atoms with van der Waals surface area (Å²) < 4.78 is 26.1. The summed E-state index contributed by atoms with van der Waals surface area (Å²) in [6.45, 7) is 6.07. The van der Waals surface area contributed by atoms with Gasteiger partial charge in [0.25, 0.3) is 0 Å². The Bertz CT molecular complexity index is 1290. The van der Waals surface area contributed by atoms with Crippen molar-refractivity contribution in [1.29, 1.82) is 0 Å². The van der Waals surface area contributed by atoms with Gasteiger partial charge in [-0.1, -0.05) is 0 Å². The van der Waals surface area contributed by atoms with Gasteiger partial charge in [0.2, 0.25) is 5.88 Å². The largest absolute Gasteiger partial charge is 0.481 e. The van der Waals surface area contributed by atoms with Crippen LogP contribution in [-0.2, 0) is 24.2 Å². The summed E-state index contributed by atoms with van der Waals surface area (Å²) in [4.78, 5) is 18.5. The lowest BCUT2D eigenvalue weighted by Gasteiger charge is -2.35. The van der Waals surface area contributed by atoms with Gasteiger partial charge in [-0.05, 0) is 82.2 Å². The molecule has 0 spiro atoms. The molecule has 2 saturated heterocycles. The highest BCUT2D eigenvalue weighted by atomic mass is 19.1. The maximum absolute atomic E-state index is 14.3. The second kappa shape index (κ2) is 12.0. The van der Waals surface area contributed by atoms with Crippen LogP contribution in [0.2, 0.25) is 0 Å². The standard InChI is InChI=1S/C30H39FN6O2/c1-38-30-21(20-39-17-16-36-12-4-5-13-36)18-26-29(35-30)28(23-6-2-3-7-25(23)34-26)33-22-9-14-37(15-10-22)27-8-11-32-19-24(27)31/h8,11,18-19,22H,2-7,9-10,12-17,20H2,1H3,(H,33,34). The highest BCUT2D eigenvalue weighted by Gasteiger charge is 2.26. The summed E-state index contributed by atoms with van der Waals surface area (Å²) in [6, 6.07) is 4.15. The molecule has 6 rings (SSSR count). The number of methoxy groups -OCH3 is 1. The van der Waals surface area contributed by atoms with Crippen LogP contribution in [0.25, 0.3) is 11.0 Å². The predicted molar refractivity (Wildman–Crippen MR) is 151 cm³/mol. The minimum atomic E-state index is -0.259. The second-order valence-corrected chi connectivity index (χ2v) is 11.0. The average molecular weight is 535 g/mol. The van der Waals surface area contributed by atoms with Crippen LogP contribution < -0.4 is 15.0 Å². The first kappa shape index (κ1) is 26.2. The number of halogens is 1. The summed E-state index contributed by atoms with van der Waals surface area (Å²) in [7, 11) is 1.68. The third kappa shape index (κ3) is 5.79. The van der Waals surface area contributed by atoms with Gasteiger partial charge in [-0.25, -0.2) is 9.37 Å². The van der Waals surface area contributed by atoms with Gasteiger partial charge < -0.3 is 24.6 Å². The lowest BCUT2D eigenvalue weighted by Crippen LogP contribution is -2.39. The quantitative estimate of drug-likeness (QED) is 0.395. The molecule has 0 aromatic carbocycles. The Balaban J connectivity index is 1.21. The van der Waals surface area contributed by atoms with Crippen LogP contribution in [0.15, 0.2) is 24.5 Å². The molecule has 0 bridgehead atoms. The van der Waals surface area contributed by atoms with Crippen LogP contribution in [-0.4, -0.2) is 72.3 Å². The van der Waals surface area contributed by atoms with E-state index in [-0.39, 0.29) is 11.9 Å². The minimum absolute atomic E-state index is 0.259. The minimum Gasteiger partial charge on any atom is -0.481 e. The molecule has 2 fully saturated rings. The summed E-state index contributed by atoms with van der Waals surface area (Å²) >= 11 is 0. The first-order chi connectivity index (χ1) is 19.2. The summed E-state index contributed by atoms with van der Waals surface area (Å²) in [5.74, 6) is 0.345. The van der Waals surface area contributed by atoms with E-state index in [0.29, 0.717) is 24.8 Å². The molecular weight excluding hydrogens is 495 g/mol. The number of nitrogens with one attached hydrogen (secondary N) is 1. The van der Waals surface area contributed by atoms with E-state index in [4.69, 9.17) is 19.4 Å². The van der Waals surface area contributed by atoms with Crippen molar-refractivity contribution in [2.24, 2.45) is 0 Å². The van der Waals surface area contributed by atoms with Gasteiger partial charge in [0.05, 0.1) is 43.4 Å². The van der Waals surface area contributed by atoms with Crippen molar-refractivity contribution in [3.8, 4) is 5.88 Å². The average Bonchev–Trinajstić information content (AvgIpc) is 3.49. The molecule has 8 nitrogen and oxygen atoms in total. The Morgan fingerprint density at radius 3 is 2.67 bits per heavy atom. The van der Waals surface area contributed by atoms with Crippen molar-refractivity contribution >= 4 is 22.4 Å². The van der Waals surface area contributed by atoms with Crippen molar-refractivity contribution < 1.29 is 13.9 Å². The number of fused-ring (bicyclic) bond motifs is 2. The Labute approximate surface area is 229 Å². The molecule has 5 heterocycles. The molecule has 0 atom stereocenters. The molecule has 0 amide bonds. The summed E-state index contributed by atoms with van der Waals surface area (Å²) in [5, 5.41) is 3.87. The molecule has 3 aromatic heterocycles. The molecule has 2 aliphatic heterocycles. The van der Waals surface area contributed by atoms with Gasteiger partial charge in [-0.2, -0.15) is 0 Å². The van der Waals surface area contributed by atoms with Gasteiger partial charge >= 0.3 is 0 Å². The highest BCUT2D eigenvalue weighted by Crippen LogP contribution is 2.36. The highest BCUT2D eigenvalue weighted by molar-refractivity contribution is 5.91. The molecule has 0 radical (unpaired) electrons. The van der Waals surface area contributed by atoms with Crippen LogP contribution in [0.5, 0.6) is 5.88 Å². The van der Waals surface area contributed by atoms with Gasteiger partial charge in [-0.3, -0.25) is 9.97 Å². The van der Waals surface area contributed by atoms with E-state index in [2.05, 4.69) is 26.2 Å². The Hall–Kier alpha value is -3.04. The number of piperidine rings is 1. The zero-order valence-electron chi connectivity index (χ0n) is 22.9. The smallest absolute Gasteiger partial charge is 0.219 e.